The molecule has 0 radical (unpaired) electrons. The highest BCUT2D eigenvalue weighted by atomic mass is 19.1. The van der Waals surface area contributed by atoms with Gasteiger partial charge in [0.05, 0.1) is 25.3 Å². The van der Waals surface area contributed by atoms with Gasteiger partial charge in [-0.05, 0) is 36.4 Å². The second kappa shape index (κ2) is 9.65. The van der Waals surface area contributed by atoms with Crippen molar-refractivity contribution in [3.63, 3.8) is 0 Å². The molecular formula is C19H22FN3O4. The second-order valence-electron chi connectivity index (χ2n) is 5.73. The topological polar surface area (TPSA) is 103 Å². The summed E-state index contributed by atoms with van der Waals surface area (Å²) in [5.74, 6) is -0.892. The molecular weight excluding hydrogens is 353 g/mol. The lowest BCUT2D eigenvalue weighted by atomic mass is 10.2. The molecule has 0 saturated carbocycles. The number of amides is 2. The molecule has 0 aliphatic carbocycles. The lowest BCUT2D eigenvalue weighted by molar-refractivity contribution is -0.118. The smallest absolute Gasteiger partial charge is 0.255 e. The molecule has 0 aliphatic rings. The van der Waals surface area contributed by atoms with E-state index in [2.05, 4.69) is 10.6 Å². The van der Waals surface area contributed by atoms with Gasteiger partial charge in [-0.25, -0.2) is 4.39 Å². The van der Waals surface area contributed by atoms with Crippen molar-refractivity contribution in [2.45, 2.75) is 12.5 Å². The van der Waals surface area contributed by atoms with E-state index in [1.54, 1.807) is 18.2 Å². The maximum absolute atomic E-state index is 13.3. The minimum absolute atomic E-state index is 0.101. The molecule has 2 aromatic rings. The third-order valence-corrected chi connectivity index (χ3v) is 3.83. The van der Waals surface area contributed by atoms with Gasteiger partial charge in [0, 0.05) is 24.9 Å². The van der Waals surface area contributed by atoms with E-state index in [1.807, 2.05) is 0 Å². The Kier molecular flexibility index (Phi) is 7.27. The van der Waals surface area contributed by atoms with Crippen molar-refractivity contribution < 1.29 is 23.5 Å². The van der Waals surface area contributed by atoms with Crippen molar-refractivity contribution >= 4 is 23.2 Å². The molecule has 0 spiro atoms. The summed E-state index contributed by atoms with van der Waals surface area (Å²) in [6.45, 7) is 0.224. The summed E-state index contributed by atoms with van der Waals surface area (Å²) >= 11 is 0. The van der Waals surface area contributed by atoms with Crippen molar-refractivity contribution in [1.82, 2.24) is 0 Å². The highest BCUT2D eigenvalue weighted by molar-refractivity contribution is 6.05. The predicted octanol–water partition coefficient (Wildman–Crippen LogP) is 2.39. The first-order valence-corrected chi connectivity index (χ1v) is 8.24. The number of ether oxygens (including phenoxy) is 2. The highest BCUT2D eigenvalue weighted by Crippen LogP contribution is 2.28. The van der Waals surface area contributed by atoms with E-state index >= 15 is 0 Å². The number of anilines is 2. The molecule has 1 atom stereocenters. The summed E-state index contributed by atoms with van der Waals surface area (Å²) in [6.07, 6.45) is -0.278. The minimum Gasteiger partial charge on any atom is -0.495 e. The lowest BCUT2D eigenvalue weighted by Crippen LogP contribution is -2.28. The van der Waals surface area contributed by atoms with Crippen molar-refractivity contribution in [3.05, 3.63) is 53.8 Å². The Bertz CT molecular complexity index is 809. The quantitative estimate of drug-likeness (QED) is 0.657. The summed E-state index contributed by atoms with van der Waals surface area (Å²) in [5, 5.41) is 5.37. The number of rotatable bonds is 8. The molecule has 0 aliphatic heterocycles. The van der Waals surface area contributed by atoms with Crippen LogP contribution in [0, 0.1) is 5.82 Å². The number of carbonyl (C=O) groups is 2. The summed E-state index contributed by atoms with van der Waals surface area (Å²) in [5.41, 5.74) is 6.48. The van der Waals surface area contributed by atoms with Crippen LogP contribution in [-0.4, -0.2) is 38.7 Å². The number of nitrogens with two attached hydrogens (primary N) is 1. The van der Waals surface area contributed by atoms with Crippen molar-refractivity contribution in [1.29, 1.82) is 0 Å². The molecule has 2 aromatic carbocycles. The van der Waals surface area contributed by atoms with Crippen LogP contribution in [0.25, 0.3) is 0 Å². The van der Waals surface area contributed by atoms with Crippen molar-refractivity contribution in [3.8, 4) is 5.75 Å². The Balaban J connectivity index is 2.15. The number of nitrogens with one attached hydrogen (secondary N) is 2. The first-order chi connectivity index (χ1) is 13.0. The molecule has 7 nitrogen and oxygen atoms in total. The molecule has 144 valence electrons. The molecule has 2 rings (SSSR count). The Morgan fingerprint density at radius 3 is 2.56 bits per heavy atom. The summed E-state index contributed by atoms with van der Waals surface area (Å²) in [6, 6.07) is 10.1. The van der Waals surface area contributed by atoms with Crippen LogP contribution in [0.2, 0.25) is 0 Å². The van der Waals surface area contributed by atoms with Gasteiger partial charge in [0.25, 0.3) is 5.91 Å². The summed E-state index contributed by atoms with van der Waals surface area (Å²) in [4.78, 5) is 24.4. The van der Waals surface area contributed by atoms with Crippen LogP contribution in [0.4, 0.5) is 15.8 Å². The van der Waals surface area contributed by atoms with E-state index in [0.29, 0.717) is 17.1 Å². The molecule has 1 unspecified atom stereocenters. The predicted molar refractivity (Wildman–Crippen MR) is 100 cm³/mol. The number of carbonyl (C=O) groups excluding carboxylic acids is 2. The second-order valence-corrected chi connectivity index (χ2v) is 5.73. The first kappa shape index (κ1) is 20.3. The maximum atomic E-state index is 13.3. The third-order valence-electron chi connectivity index (χ3n) is 3.83. The van der Waals surface area contributed by atoms with E-state index in [4.69, 9.17) is 15.2 Å². The van der Waals surface area contributed by atoms with Crippen LogP contribution in [0.15, 0.2) is 42.5 Å². The van der Waals surface area contributed by atoms with E-state index in [9.17, 15) is 14.0 Å². The van der Waals surface area contributed by atoms with Gasteiger partial charge in [-0.2, -0.15) is 0 Å². The molecule has 27 heavy (non-hydrogen) atoms. The van der Waals surface area contributed by atoms with Crippen LogP contribution in [0.3, 0.4) is 0 Å². The van der Waals surface area contributed by atoms with Crippen LogP contribution in [-0.2, 0) is 9.53 Å². The zero-order valence-corrected chi connectivity index (χ0v) is 15.1. The Morgan fingerprint density at radius 1 is 1.15 bits per heavy atom. The molecule has 0 saturated heterocycles. The number of methoxy groups -OCH3 is 2. The van der Waals surface area contributed by atoms with Gasteiger partial charge in [-0.15, -0.1) is 0 Å². The van der Waals surface area contributed by atoms with Gasteiger partial charge in [0.1, 0.15) is 11.6 Å². The normalized spacial score (nSPS) is 11.6. The maximum Gasteiger partial charge on any atom is 0.255 e. The zero-order valence-electron chi connectivity index (χ0n) is 15.1. The summed E-state index contributed by atoms with van der Waals surface area (Å²) in [7, 11) is 2.94. The lowest BCUT2D eigenvalue weighted by Gasteiger charge is -2.15. The Hall–Kier alpha value is -2.97. The molecule has 2 amide bonds. The first-order valence-electron chi connectivity index (χ1n) is 8.24. The molecule has 0 fully saturated rings. The molecule has 8 heteroatoms. The average molecular weight is 375 g/mol. The number of hydrogen-bond donors (Lipinski definition) is 3. The fourth-order valence-corrected chi connectivity index (χ4v) is 2.39. The monoisotopic (exact) mass is 375 g/mol. The van der Waals surface area contributed by atoms with E-state index in [-0.39, 0.29) is 30.5 Å². The van der Waals surface area contributed by atoms with E-state index in [0.717, 1.165) is 6.07 Å². The van der Waals surface area contributed by atoms with Crippen LogP contribution in [0.5, 0.6) is 5.75 Å². The average Bonchev–Trinajstić information content (AvgIpc) is 2.66. The minimum atomic E-state index is -0.511. The van der Waals surface area contributed by atoms with Gasteiger partial charge in [0.15, 0.2) is 0 Å². The van der Waals surface area contributed by atoms with Crippen LogP contribution in [0.1, 0.15) is 16.8 Å². The fraction of sp³-hybridized carbons (Fsp3) is 0.263. The van der Waals surface area contributed by atoms with Crippen LogP contribution < -0.4 is 21.1 Å². The van der Waals surface area contributed by atoms with Gasteiger partial charge >= 0.3 is 0 Å². The van der Waals surface area contributed by atoms with E-state index < -0.39 is 11.7 Å². The fourth-order valence-electron chi connectivity index (χ4n) is 2.39. The molecule has 0 bridgehead atoms. The molecule has 4 N–H and O–H groups in total. The number of hydrogen-bond acceptors (Lipinski definition) is 5. The Morgan fingerprint density at radius 2 is 1.93 bits per heavy atom. The number of benzene rings is 2. The van der Waals surface area contributed by atoms with Crippen LogP contribution >= 0.6 is 0 Å². The third kappa shape index (κ3) is 5.77. The molecule has 0 heterocycles. The SMILES string of the molecule is COc1ccc(NC(=O)CC(CN)OC)cc1NC(=O)c1cccc(F)c1. The standard InChI is InChI=1S/C19H22FN3O4/c1-26-15(11-21)10-18(24)22-14-6-7-17(27-2)16(9-14)23-19(25)12-4-3-5-13(20)8-12/h3-9,15H,10-11,21H2,1-2H3,(H,22,24)(H,23,25). The number of halogens is 1. The largest absolute Gasteiger partial charge is 0.495 e. The van der Waals surface area contributed by atoms with Gasteiger partial charge in [-0.3, -0.25) is 9.59 Å². The zero-order chi connectivity index (χ0) is 19.8. The Labute approximate surface area is 156 Å². The van der Waals surface area contributed by atoms with E-state index in [1.165, 1.54) is 32.4 Å². The van der Waals surface area contributed by atoms with Gasteiger partial charge in [0.2, 0.25) is 5.91 Å². The van der Waals surface area contributed by atoms with Gasteiger partial charge in [-0.1, -0.05) is 6.07 Å². The molecule has 0 aromatic heterocycles. The van der Waals surface area contributed by atoms with Gasteiger partial charge < -0.3 is 25.8 Å². The summed E-state index contributed by atoms with van der Waals surface area (Å²) < 4.78 is 23.6. The highest BCUT2D eigenvalue weighted by Gasteiger charge is 2.14. The van der Waals surface area contributed by atoms with Crippen molar-refractivity contribution in [2.24, 2.45) is 5.73 Å². The van der Waals surface area contributed by atoms with Crippen molar-refractivity contribution in [2.75, 3.05) is 31.4 Å².